The molecule has 44 heavy (non-hydrogen) atoms. The van der Waals surface area contributed by atoms with Crippen LogP contribution < -0.4 is 21.6 Å². The molecule has 6 rings (SSSR count). The van der Waals surface area contributed by atoms with Crippen LogP contribution in [0.2, 0.25) is 12.6 Å². The van der Waals surface area contributed by atoms with Gasteiger partial charge < -0.3 is 18.5 Å². The van der Waals surface area contributed by atoms with Crippen LogP contribution in [0, 0.1) is 6.92 Å². The van der Waals surface area contributed by atoms with Gasteiger partial charge in [-0.25, -0.2) is 9.46 Å². The van der Waals surface area contributed by atoms with Crippen molar-refractivity contribution in [1.82, 2.24) is 14.2 Å². The zero-order chi connectivity index (χ0) is 30.8. The lowest BCUT2D eigenvalue weighted by molar-refractivity contribution is -0.0693. The smallest absolute Gasteiger partial charge is 0.330 e. The Kier molecular flexibility index (Phi) is 9.68. The Labute approximate surface area is 261 Å². The highest BCUT2D eigenvalue weighted by atomic mass is 31.2. The van der Waals surface area contributed by atoms with Gasteiger partial charge in [0.25, 0.3) is 14.1 Å². The van der Waals surface area contributed by atoms with Crippen LogP contribution in [0.4, 0.5) is 0 Å². The molecule has 3 saturated heterocycles. The first kappa shape index (κ1) is 31.5. The maximum Gasteiger partial charge on any atom is 0.330 e. The minimum absolute atomic E-state index is 0.0540. The summed E-state index contributed by atoms with van der Waals surface area (Å²) in [6.45, 7) is 9.70. The van der Waals surface area contributed by atoms with E-state index in [9.17, 15) is 9.59 Å². The first-order chi connectivity index (χ1) is 21.3. The molecule has 9 nitrogen and oxygen atoms in total. The van der Waals surface area contributed by atoms with Crippen LogP contribution >= 0.6 is 8.53 Å². The van der Waals surface area contributed by atoms with E-state index in [1.165, 1.54) is 14.9 Å². The number of aromatic amines is 1. The van der Waals surface area contributed by atoms with Crippen molar-refractivity contribution in [2.24, 2.45) is 0 Å². The topological polar surface area (TPSA) is 95.0 Å². The molecular weight excluding hydrogens is 593 g/mol. The van der Waals surface area contributed by atoms with Crippen molar-refractivity contribution in [3.05, 3.63) is 93.3 Å². The van der Waals surface area contributed by atoms with E-state index in [2.05, 4.69) is 90.7 Å². The average molecular weight is 638 g/mol. The number of rotatable bonds is 11. The quantitative estimate of drug-likeness (QED) is 0.247. The number of H-pyrrole nitrogens is 1. The van der Waals surface area contributed by atoms with E-state index in [4.69, 9.17) is 18.5 Å². The highest BCUT2D eigenvalue weighted by molar-refractivity contribution is 7.45. The SMILES string of the molecule is CCCOC1[C@@H](O[P@@]2O[C@H](C[Si](C)(c3ccccc3)c3ccccc3)[C@@H]3CCCN32)[C@@H](CC)O[C@H]1n1cc(C)c(=O)[nH]c1=O. The summed E-state index contributed by atoms with van der Waals surface area (Å²) in [5.41, 5.74) is -0.472. The first-order valence-electron chi connectivity index (χ1n) is 15.9. The molecule has 11 heteroatoms. The molecule has 3 aromatic rings. The van der Waals surface area contributed by atoms with Gasteiger partial charge in [-0.1, -0.05) is 91.4 Å². The third kappa shape index (κ3) is 6.06. The van der Waals surface area contributed by atoms with Gasteiger partial charge in [0.2, 0.25) is 0 Å². The molecule has 2 aromatic carbocycles. The Balaban J connectivity index is 1.28. The van der Waals surface area contributed by atoms with Gasteiger partial charge in [0.05, 0.1) is 12.2 Å². The van der Waals surface area contributed by atoms with Gasteiger partial charge in [-0.15, -0.1) is 0 Å². The number of aryl methyl sites for hydroxylation is 1. The highest BCUT2D eigenvalue weighted by Gasteiger charge is 2.54. The molecule has 0 saturated carbocycles. The van der Waals surface area contributed by atoms with Gasteiger partial charge in [-0.2, -0.15) is 0 Å². The van der Waals surface area contributed by atoms with Crippen molar-refractivity contribution >= 4 is 27.0 Å². The monoisotopic (exact) mass is 637 g/mol. The average Bonchev–Trinajstić information content (AvgIpc) is 3.74. The fraction of sp³-hybridized carbons (Fsp3) is 0.515. The molecule has 0 spiro atoms. The van der Waals surface area contributed by atoms with Gasteiger partial charge >= 0.3 is 5.69 Å². The summed E-state index contributed by atoms with van der Waals surface area (Å²) in [5.74, 6) is 0. The molecule has 3 aliphatic rings. The second-order valence-electron chi connectivity index (χ2n) is 12.4. The van der Waals surface area contributed by atoms with Crippen LogP contribution in [0.3, 0.4) is 0 Å². The summed E-state index contributed by atoms with van der Waals surface area (Å²) in [5, 5.41) is 2.81. The molecule has 0 aliphatic carbocycles. The molecule has 7 atom stereocenters. The summed E-state index contributed by atoms with van der Waals surface area (Å²) >= 11 is 0. The van der Waals surface area contributed by atoms with Crippen molar-refractivity contribution in [3.63, 3.8) is 0 Å². The minimum Gasteiger partial charge on any atom is -0.371 e. The largest absolute Gasteiger partial charge is 0.371 e. The summed E-state index contributed by atoms with van der Waals surface area (Å²) in [7, 11) is -3.49. The fourth-order valence-corrected chi connectivity index (χ4v) is 13.0. The van der Waals surface area contributed by atoms with Crippen LogP contribution in [0.15, 0.2) is 76.4 Å². The van der Waals surface area contributed by atoms with Gasteiger partial charge in [-0.05, 0) is 38.7 Å². The lowest BCUT2D eigenvalue weighted by atomic mass is 10.1. The van der Waals surface area contributed by atoms with Crippen LogP contribution in [0.5, 0.6) is 0 Å². The zero-order valence-electron chi connectivity index (χ0n) is 26.1. The number of hydrogen-bond acceptors (Lipinski definition) is 7. The summed E-state index contributed by atoms with van der Waals surface area (Å²) in [6.07, 6.45) is 3.37. The normalized spacial score (nSPS) is 28.9. The fourth-order valence-electron chi connectivity index (χ4n) is 6.98. The van der Waals surface area contributed by atoms with Crippen LogP contribution in [-0.2, 0) is 18.5 Å². The molecule has 0 radical (unpaired) electrons. The third-order valence-electron chi connectivity index (χ3n) is 9.40. The summed E-state index contributed by atoms with van der Waals surface area (Å²) in [4.78, 5) is 27.4. The number of fused-ring (bicyclic) bond motifs is 1. The summed E-state index contributed by atoms with van der Waals surface area (Å²) < 4.78 is 30.6. The van der Waals surface area contributed by atoms with Crippen LogP contribution in [0.25, 0.3) is 0 Å². The van der Waals surface area contributed by atoms with E-state index in [0.29, 0.717) is 24.6 Å². The Morgan fingerprint density at radius 3 is 2.32 bits per heavy atom. The maximum absolute atomic E-state index is 12.9. The lowest BCUT2D eigenvalue weighted by Crippen LogP contribution is -2.58. The Hall–Kier alpha value is -2.43. The molecule has 3 aliphatic heterocycles. The van der Waals surface area contributed by atoms with Crippen molar-refractivity contribution in [1.29, 1.82) is 0 Å². The summed E-state index contributed by atoms with van der Waals surface area (Å²) in [6, 6.07) is 23.1. The van der Waals surface area contributed by atoms with Crippen LogP contribution in [-0.4, -0.2) is 65.9 Å². The molecule has 4 heterocycles. The number of benzene rings is 2. The molecule has 1 aromatic heterocycles. The van der Waals surface area contributed by atoms with E-state index in [1.807, 2.05) is 0 Å². The second-order valence-corrected chi connectivity index (χ2v) is 18.0. The van der Waals surface area contributed by atoms with Crippen molar-refractivity contribution in [2.75, 3.05) is 13.2 Å². The van der Waals surface area contributed by atoms with E-state index in [-0.39, 0.29) is 12.2 Å². The van der Waals surface area contributed by atoms with Gasteiger partial charge in [0.1, 0.15) is 20.3 Å². The Morgan fingerprint density at radius 2 is 1.68 bits per heavy atom. The molecular formula is C33H44N3O6PSi. The first-order valence-corrected chi connectivity index (χ1v) is 19.8. The standard InChI is InChI=1S/C33H44N3O6PSi/c1-5-20-39-30-29(27(6-2)40-32(30)35-21-23(3)31(37)34-33(35)38)42-43-36-19-13-18-26(36)28(41-43)22-44(4,24-14-9-7-10-15-24)25-16-11-8-12-17-25/h7-12,14-17,21,26-30,32H,5-6,13,18-20,22H2,1-4H3,(H,34,37,38)/t26-,27+,28+,29-,30?,32+,43+/m0/s1. The van der Waals surface area contributed by atoms with Crippen molar-refractivity contribution < 1.29 is 18.5 Å². The van der Waals surface area contributed by atoms with E-state index in [0.717, 1.165) is 31.9 Å². The van der Waals surface area contributed by atoms with Crippen molar-refractivity contribution in [3.8, 4) is 0 Å². The minimum atomic E-state index is -2.14. The molecule has 1 unspecified atom stereocenters. The van der Waals surface area contributed by atoms with Crippen LogP contribution in [0.1, 0.15) is 51.3 Å². The van der Waals surface area contributed by atoms with Gasteiger partial charge in [-0.3, -0.25) is 14.3 Å². The van der Waals surface area contributed by atoms with Crippen molar-refractivity contribution in [2.45, 2.75) is 95.7 Å². The molecule has 0 bridgehead atoms. The van der Waals surface area contributed by atoms with Gasteiger partial charge in [0.15, 0.2) is 6.23 Å². The predicted molar refractivity (Wildman–Crippen MR) is 175 cm³/mol. The number of hydrogen-bond donors (Lipinski definition) is 1. The van der Waals surface area contributed by atoms with E-state index in [1.54, 1.807) is 13.1 Å². The third-order valence-corrected chi connectivity index (χ3v) is 15.6. The maximum atomic E-state index is 12.9. The predicted octanol–water partition coefficient (Wildman–Crippen LogP) is 4.32. The number of aromatic nitrogens is 2. The van der Waals surface area contributed by atoms with E-state index >= 15 is 0 Å². The molecule has 236 valence electrons. The Morgan fingerprint density at radius 1 is 1.00 bits per heavy atom. The lowest BCUT2D eigenvalue weighted by Gasteiger charge is -2.32. The highest BCUT2D eigenvalue weighted by Crippen LogP contribution is 2.59. The second kappa shape index (κ2) is 13.5. The zero-order valence-corrected chi connectivity index (χ0v) is 28.0. The number of nitrogens with zero attached hydrogens (tertiary/aromatic N) is 2. The molecule has 1 N–H and O–H groups in total. The number of ether oxygens (including phenoxy) is 2. The van der Waals surface area contributed by atoms with Gasteiger partial charge in [0, 0.05) is 31.0 Å². The molecule has 0 amide bonds. The molecule has 3 fully saturated rings. The van der Waals surface area contributed by atoms with E-state index < -0.39 is 46.3 Å². The Bertz CT molecular complexity index is 1480. The number of nitrogens with one attached hydrogen (secondary N) is 1.